The van der Waals surface area contributed by atoms with Gasteiger partial charge in [-0.15, -0.1) is 0 Å². The molecule has 5 aromatic carbocycles. The summed E-state index contributed by atoms with van der Waals surface area (Å²) < 4.78 is 40.5. The molecule has 16 nitrogen and oxygen atoms in total. The standard InChI is InChI=1S/C47H43N3O13S/c1-57-45(55)35(49-47(56)59-28-30-17-7-2-8-18-30)27-48-46(64)50-40-39(63-44(54)34-25-15-6-16-26-34)38(62-43(53)33-23-13-5-14-24-33)37(61-42(52)32-21-11-4-12-22-32)36(60-40)29-58-41(51)31-19-9-3-10-20-31/h2-26,35-40H,27-29H2,1H3,(H,49,56)(H2,48,50,64)/t35-,36?,37?,38?,39-,40-/m0/s1. The summed E-state index contributed by atoms with van der Waals surface area (Å²) >= 11 is 5.62. The number of hydrogen-bond donors (Lipinski definition) is 3. The van der Waals surface area contributed by atoms with E-state index in [1.54, 1.807) is 97.1 Å². The van der Waals surface area contributed by atoms with Gasteiger partial charge in [0.1, 0.15) is 25.4 Å². The van der Waals surface area contributed by atoms with Crippen molar-refractivity contribution < 1.29 is 61.9 Å². The Bertz CT molecular complexity index is 2360. The van der Waals surface area contributed by atoms with Crippen LogP contribution in [0.1, 0.15) is 47.0 Å². The van der Waals surface area contributed by atoms with Gasteiger partial charge in [0.25, 0.3) is 0 Å². The number of rotatable bonds is 16. The molecule has 1 fully saturated rings. The van der Waals surface area contributed by atoms with E-state index in [1.165, 1.54) is 48.5 Å². The van der Waals surface area contributed by atoms with Crippen LogP contribution in [0.15, 0.2) is 152 Å². The van der Waals surface area contributed by atoms with Gasteiger partial charge in [0.15, 0.2) is 29.7 Å². The van der Waals surface area contributed by atoms with Crippen molar-refractivity contribution in [3.05, 3.63) is 179 Å². The predicted molar refractivity (Wildman–Crippen MR) is 232 cm³/mol. The van der Waals surface area contributed by atoms with Crippen LogP contribution in [0.5, 0.6) is 0 Å². The van der Waals surface area contributed by atoms with Crippen molar-refractivity contribution in [1.29, 1.82) is 0 Å². The maximum Gasteiger partial charge on any atom is 0.408 e. The smallest absolute Gasteiger partial charge is 0.408 e. The molecule has 1 amide bonds. The molecule has 3 N–H and O–H groups in total. The Labute approximate surface area is 373 Å². The summed E-state index contributed by atoms with van der Waals surface area (Å²) in [5, 5.41) is 7.92. The molecule has 0 aliphatic carbocycles. The van der Waals surface area contributed by atoms with Crippen molar-refractivity contribution in [2.75, 3.05) is 20.3 Å². The average Bonchev–Trinajstić information content (AvgIpc) is 3.34. The Morgan fingerprint density at radius 2 is 1.02 bits per heavy atom. The third-order valence-corrected chi connectivity index (χ3v) is 9.77. The number of hydrogen-bond acceptors (Lipinski definition) is 14. The fraction of sp³-hybridized carbons (Fsp3) is 0.213. The number of ether oxygens (including phenoxy) is 7. The maximum absolute atomic E-state index is 13.9. The van der Waals surface area contributed by atoms with E-state index in [0.29, 0.717) is 5.56 Å². The highest BCUT2D eigenvalue weighted by atomic mass is 32.1. The van der Waals surface area contributed by atoms with Crippen molar-refractivity contribution in [2.24, 2.45) is 0 Å². The van der Waals surface area contributed by atoms with Gasteiger partial charge in [0.05, 0.1) is 29.4 Å². The molecule has 6 rings (SSSR count). The molecule has 1 saturated heterocycles. The minimum atomic E-state index is -1.66. The lowest BCUT2D eigenvalue weighted by Gasteiger charge is -2.45. The first-order valence-corrected chi connectivity index (χ1v) is 20.3. The normalized spacial score (nSPS) is 18.1. The highest BCUT2D eigenvalue weighted by molar-refractivity contribution is 7.80. The van der Waals surface area contributed by atoms with Crippen LogP contribution in [0, 0.1) is 0 Å². The van der Waals surface area contributed by atoms with Crippen molar-refractivity contribution in [3.63, 3.8) is 0 Å². The highest BCUT2D eigenvalue weighted by Crippen LogP contribution is 2.30. The topological polar surface area (TPSA) is 203 Å². The molecule has 6 atom stereocenters. The second kappa shape index (κ2) is 23.0. The van der Waals surface area contributed by atoms with Gasteiger partial charge in [0, 0.05) is 6.54 Å². The SMILES string of the molecule is COC(=O)[C@H](CNC(=S)N[C@H]1OC(COC(=O)c2ccccc2)C(OC(=O)c2ccccc2)C(OC(=O)c2ccccc2)[C@@H]1OC(=O)c1ccccc1)NC(=O)OCc1ccccc1. The van der Waals surface area contributed by atoms with Crippen LogP contribution in [0.25, 0.3) is 0 Å². The van der Waals surface area contributed by atoms with E-state index in [0.717, 1.165) is 7.11 Å². The molecule has 1 aliphatic heterocycles. The Kier molecular flexibility index (Phi) is 16.5. The molecule has 17 heteroatoms. The summed E-state index contributed by atoms with van der Waals surface area (Å²) in [6.45, 7) is -0.992. The lowest BCUT2D eigenvalue weighted by Crippen LogP contribution is -2.67. The number of thiocarbonyl (C=S) groups is 1. The van der Waals surface area contributed by atoms with Crippen LogP contribution in [-0.4, -0.2) is 98.0 Å². The second-order valence-electron chi connectivity index (χ2n) is 13.9. The van der Waals surface area contributed by atoms with Gasteiger partial charge in [0.2, 0.25) is 0 Å². The molecule has 0 radical (unpaired) electrons. The third-order valence-electron chi connectivity index (χ3n) is 9.51. The summed E-state index contributed by atoms with van der Waals surface area (Å²) in [6, 6.07) is 39.4. The van der Waals surface area contributed by atoms with Gasteiger partial charge in [-0.2, -0.15) is 0 Å². The van der Waals surface area contributed by atoms with Crippen LogP contribution in [0.2, 0.25) is 0 Å². The molecule has 0 spiro atoms. The van der Waals surface area contributed by atoms with Gasteiger partial charge in [-0.25, -0.2) is 28.8 Å². The zero-order valence-corrected chi connectivity index (χ0v) is 35.1. The minimum absolute atomic E-state index is 0.0738. The number of carbonyl (C=O) groups excluding carboxylic acids is 6. The zero-order chi connectivity index (χ0) is 45.3. The molecule has 330 valence electrons. The summed E-state index contributed by atoms with van der Waals surface area (Å²) in [7, 11) is 1.13. The molecule has 5 aromatic rings. The van der Waals surface area contributed by atoms with Crippen LogP contribution in [-0.2, 0) is 44.6 Å². The molecule has 3 unspecified atom stereocenters. The molecule has 0 saturated carbocycles. The fourth-order valence-electron chi connectivity index (χ4n) is 6.30. The quantitative estimate of drug-likeness (QED) is 0.0664. The van der Waals surface area contributed by atoms with Gasteiger partial charge in [-0.3, -0.25) is 0 Å². The van der Waals surface area contributed by atoms with Crippen LogP contribution < -0.4 is 16.0 Å². The van der Waals surface area contributed by atoms with E-state index < -0.39 is 79.2 Å². The lowest BCUT2D eigenvalue weighted by atomic mass is 9.96. The monoisotopic (exact) mass is 889 g/mol. The number of esters is 5. The van der Waals surface area contributed by atoms with Crippen molar-refractivity contribution >= 4 is 53.3 Å². The summed E-state index contributed by atoms with van der Waals surface area (Å²) in [6.07, 6.45) is -8.76. The fourth-order valence-corrected chi connectivity index (χ4v) is 6.50. The molecule has 64 heavy (non-hydrogen) atoms. The summed E-state index contributed by atoms with van der Waals surface area (Å²) in [5.41, 5.74) is 1.25. The van der Waals surface area contributed by atoms with E-state index in [2.05, 4.69) is 16.0 Å². The maximum atomic E-state index is 13.9. The van der Waals surface area contributed by atoms with Gasteiger partial charge in [-0.05, 0) is 66.3 Å². The van der Waals surface area contributed by atoms with Gasteiger partial charge >= 0.3 is 35.9 Å². The first-order chi connectivity index (χ1) is 31.1. The van der Waals surface area contributed by atoms with Gasteiger partial charge < -0.3 is 49.1 Å². The average molecular weight is 890 g/mol. The lowest BCUT2D eigenvalue weighted by molar-refractivity contribution is -0.232. The number of benzene rings is 5. The van der Waals surface area contributed by atoms with Crippen LogP contribution in [0.3, 0.4) is 0 Å². The third kappa shape index (κ3) is 12.9. The van der Waals surface area contributed by atoms with Crippen molar-refractivity contribution in [2.45, 2.75) is 43.3 Å². The first-order valence-electron chi connectivity index (χ1n) is 19.8. The van der Waals surface area contributed by atoms with E-state index in [1.807, 2.05) is 6.07 Å². The number of amides is 1. The van der Waals surface area contributed by atoms with Crippen molar-refractivity contribution in [1.82, 2.24) is 16.0 Å². The van der Waals surface area contributed by atoms with Gasteiger partial charge in [-0.1, -0.05) is 103 Å². The van der Waals surface area contributed by atoms with Crippen LogP contribution >= 0.6 is 12.2 Å². The number of carbonyl (C=O) groups is 6. The zero-order valence-electron chi connectivity index (χ0n) is 34.2. The first kappa shape index (κ1) is 45.9. The largest absolute Gasteiger partial charge is 0.467 e. The Morgan fingerprint density at radius 3 is 1.50 bits per heavy atom. The highest BCUT2D eigenvalue weighted by Gasteiger charge is 2.53. The van der Waals surface area contributed by atoms with E-state index in [4.69, 9.17) is 45.4 Å². The van der Waals surface area contributed by atoms with E-state index in [9.17, 15) is 28.8 Å². The summed E-state index contributed by atoms with van der Waals surface area (Å²) in [4.78, 5) is 80.3. The second-order valence-corrected chi connectivity index (χ2v) is 14.3. The molecule has 1 heterocycles. The molecular formula is C47H43N3O13S. The number of methoxy groups -OCH3 is 1. The number of nitrogens with one attached hydrogen (secondary N) is 3. The summed E-state index contributed by atoms with van der Waals surface area (Å²) in [5.74, 6) is -4.23. The van der Waals surface area contributed by atoms with E-state index in [-0.39, 0.29) is 40.5 Å². The van der Waals surface area contributed by atoms with E-state index >= 15 is 0 Å². The Hall–Kier alpha value is -7.63. The molecule has 0 aromatic heterocycles. The van der Waals surface area contributed by atoms with Crippen molar-refractivity contribution in [3.8, 4) is 0 Å². The predicted octanol–water partition coefficient (Wildman–Crippen LogP) is 5.18. The number of alkyl carbamates (subject to hydrolysis) is 1. The van der Waals surface area contributed by atoms with Crippen LogP contribution in [0.4, 0.5) is 4.79 Å². The molecule has 1 aliphatic rings. The minimum Gasteiger partial charge on any atom is -0.467 e. The molecular weight excluding hydrogens is 847 g/mol. The Balaban J connectivity index is 1.31. The Morgan fingerprint density at radius 1 is 0.578 bits per heavy atom. The molecule has 0 bridgehead atoms.